The van der Waals surface area contributed by atoms with Gasteiger partial charge in [0.1, 0.15) is 5.82 Å². The zero-order chi connectivity index (χ0) is 12.6. The highest BCUT2D eigenvalue weighted by molar-refractivity contribution is 9.11. The largest absolute Gasteiger partial charge is 0.320 e. The first-order chi connectivity index (χ1) is 8.00. The molecule has 0 aliphatic carbocycles. The van der Waals surface area contributed by atoms with E-state index in [1.54, 1.807) is 17.4 Å². The van der Waals surface area contributed by atoms with Crippen molar-refractivity contribution >= 4 is 43.2 Å². The summed E-state index contributed by atoms with van der Waals surface area (Å²) in [6, 6.07) is 6.63. The van der Waals surface area contributed by atoms with Gasteiger partial charge in [0.25, 0.3) is 0 Å². The van der Waals surface area contributed by atoms with Gasteiger partial charge in [-0.05, 0) is 62.0 Å². The van der Waals surface area contributed by atoms with Crippen LogP contribution >= 0.6 is 43.2 Å². The van der Waals surface area contributed by atoms with Crippen LogP contribution in [0.1, 0.15) is 22.0 Å². The van der Waals surface area contributed by atoms with E-state index in [1.807, 2.05) is 19.1 Å². The summed E-state index contributed by atoms with van der Waals surface area (Å²) in [7, 11) is 0. The van der Waals surface area contributed by atoms with Crippen LogP contribution < -0.4 is 5.73 Å². The Kier molecular flexibility index (Phi) is 4.02. The predicted molar refractivity (Wildman–Crippen MR) is 76.9 cm³/mol. The van der Waals surface area contributed by atoms with E-state index >= 15 is 0 Å². The molecular formula is C12H10Br2FNS. The molecular weight excluding hydrogens is 369 g/mol. The number of hydrogen-bond donors (Lipinski definition) is 1. The van der Waals surface area contributed by atoms with Crippen molar-refractivity contribution in [2.75, 3.05) is 0 Å². The standard InChI is InChI=1S/C12H10Br2FNS/c1-6-5-9(17-12(6)14)11(16)7-3-2-4-8(15)10(7)13/h2-5,11H,16H2,1H3. The summed E-state index contributed by atoms with van der Waals surface area (Å²) >= 11 is 8.29. The molecule has 0 spiro atoms. The minimum absolute atomic E-state index is 0.287. The van der Waals surface area contributed by atoms with Crippen molar-refractivity contribution in [1.82, 2.24) is 0 Å². The van der Waals surface area contributed by atoms with Gasteiger partial charge in [-0.25, -0.2) is 4.39 Å². The predicted octanol–water partition coefficient (Wildman–Crippen LogP) is 4.77. The maximum absolute atomic E-state index is 13.4. The van der Waals surface area contributed by atoms with Gasteiger partial charge in [0.2, 0.25) is 0 Å². The van der Waals surface area contributed by atoms with Crippen LogP contribution in [0.4, 0.5) is 4.39 Å². The molecule has 17 heavy (non-hydrogen) atoms. The van der Waals surface area contributed by atoms with Gasteiger partial charge >= 0.3 is 0 Å². The third-order valence-corrected chi connectivity index (χ3v) is 5.56. The molecule has 0 radical (unpaired) electrons. The molecule has 0 amide bonds. The van der Waals surface area contributed by atoms with Crippen LogP contribution in [-0.4, -0.2) is 0 Å². The quantitative estimate of drug-likeness (QED) is 0.800. The summed E-state index contributed by atoms with van der Waals surface area (Å²) in [5.41, 5.74) is 8.07. The molecule has 2 N–H and O–H groups in total. The zero-order valence-corrected chi connectivity index (χ0v) is 13.0. The third kappa shape index (κ3) is 2.62. The van der Waals surface area contributed by atoms with Gasteiger partial charge in [0.15, 0.2) is 0 Å². The highest BCUT2D eigenvalue weighted by atomic mass is 79.9. The number of thiophene rings is 1. The minimum atomic E-state index is -0.310. The summed E-state index contributed by atoms with van der Waals surface area (Å²) < 4.78 is 14.9. The molecule has 0 saturated carbocycles. The number of halogens is 3. The first kappa shape index (κ1) is 13.2. The molecule has 0 saturated heterocycles. The highest BCUT2D eigenvalue weighted by Gasteiger charge is 2.17. The lowest BCUT2D eigenvalue weighted by atomic mass is 10.1. The smallest absolute Gasteiger partial charge is 0.137 e. The van der Waals surface area contributed by atoms with E-state index in [9.17, 15) is 4.39 Å². The van der Waals surface area contributed by atoms with Crippen LogP contribution in [0, 0.1) is 12.7 Å². The lowest BCUT2D eigenvalue weighted by Crippen LogP contribution is -2.11. The summed E-state index contributed by atoms with van der Waals surface area (Å²) in [4.78, 5) is 1.01. The molecule has 0 aliphatic heterocycles. The van der Waals surface area contributed by atoms with Crippen molar-refractivity contribution in [2.24, 2.45) is 5.73 Å². The second-order valence-electron chi connectivity index (χ2n) is 3.73. The van der Waals surface area contributed by atoms with Gasteiger partial charge in [-0.2, -0.15) is 0 Å². The van der Waals surface area contributed by atoms with Gasteiger partial charge in [0, 0.05) is 4.88 Å². The van der Waals surface area contributed by atoms with Crippen molar-refractivity contribution < 1.29 is 4.39 Å². The maximum Gasteiger partial charge on any atom is 0.137 e. The molecule has 2 aromatic rings. The molecule has 1 aromatic carbocycles. The summed E-state index contributed by atoms with van der Waals surface area (Å²) in [5.74, 6) is -0.287. The highest BCUT2D eigenvalue weighted by Crippen LogP contribution is 2.35. The Balaban J connectivity index is 2.43. The number of aryl methyl sites for hydroxylation is 1. The van der Waals surface area contributed by atoms with Gasteiger partial charge in [-0.3, -0.25) is 0 Å². The van der Waals surface area contributed by atoms with Crippen LogP contribution in [0.5, 0.6) is 0 Å². The van der Waals surface area contributed by atoms with E-state index in [1.165, 1.54) is 6.07 Å². The number of benzene rings is 1. The number of hydrogen-bond acceptors (Lipinski definition) is 2. The average Bonchev–Trinajstić information content (AvgIpc) is 2.62. The molecule has 0 bridgehead atoms. The molecule has 90 valence electrons. The Bertz CT molecular complexity index is 534. The van der Waals surface area contributed by atoms with E-state index in [4.69, 9.17) is 5.73 Å². The zero-order valence-electron chi connectivity index (χ0n) is 9.01. The Hall–Kier alpha value is -0.230. The van der Waals surface area contributed by atoms with Crippen molar-refractivity contribution in [3.05, 3.63) is 54.3 Å². The summed E-state index contributed by atoms with van der Waals surface area (Å²) in [6.45, 7) is 2.01. The molecule has 0 fully saturated rings. The van der Waals surface area contributed by atoms with Crippen molar-refractivity contribution in [1.29, 1.82) is 0 Å². The average molecular weight is 379 g/mol. The van der Waals surface area contributed by atoms with Crippen molar-refractivity contribution in [3.63, 3.8) is 0 Å². The number of nitrogens with two attached hydrogens (primary N) is 1. The van der Waals surface area contributed by atoms with Crippen molar-refractivity contribution in [2.45, 2.75) is 13.0 Å². The van der Waals surface area contributed by atoms with Gasteiger partial charge in [-0.15, -0.1) is 11.3 Å². The van der Waals surface area contributed by atoms with Crippen LogP contribution in [-0.2, 0) is 0 Å². The fourth-order valence-electron chi connectivity index (χ4n) is 1.55. The van der Waals surface area contributed by atoms with Crippen molar-refractivity contribution in [3.8, 4) is 0 Å². The Morgan fingerprint density at radius 2 is 2.06 bits per heavy atom. The number of rotatable bonds is 2. The normalized spacial score (nSPS) is 12.8. The Labute approximate surface area is 120 Å². The molecule has 5 heteroatoms. The lowest BCUT2D eigenvalue weighted by Gasteiger charge is -2.12. The van der Waals surface area contributed by atoms with Crippen LogP contribution in [0.3, 0.4) is 0 Å². The SMILES string of the molecule is Cc1cc(C(N)c2cccc(F)c2Br)sc1Br. The molecule has 0 aliphatic rings. The van der Waals surface area contributed by atoms with Gasteiger partial charge in [-0.1, -0.05) is 12.1 Å². The topological polar surface area (TPSA) is 26.0 Å². The van der Waals surface area contributed by atoms with E-state index in [-0.39, 0.29) is 11.9 Å². The van der Waals surface area contributed by atoms with Crippen LogP contribution in [0.25, 0.3) is 0 Å². The monoisotopic (exact) mass is 377 g/mol. The first-order valence-corrected chi connectivity index (χ1v) is 7.36. The fraction of sp³-hybridized carbons (Fsp3) is 0.167. The second-order valence-corrected chi connectivity index (χ2v) is 6.92. The molecule has 1 aromatic heterocycles. The lowest BCUT2D eigenvalue weighted by molar-refractivity contribution is 0.616. The van der Waals surface area contributed by atoms with Crippen LogP contribution in [0.2, 0.25) is 0 Å². The molecule has 1 heterocycles. The van der Waals surface area contributed by atoms with Gasteiger partial charge < -0.3 is 5.73 Å². The Morgan fingerprint density at radius 3 is 2.65 bits per heavy atom. The third-order valence-electron chi connectivity index (χ3n) is 2.50. The van der Waals surface area contributed by atoms with E-state index < -0.39 is 0 Å². The Morgan fingerprint density at radius 1 is 1.35 bits per heavy atom. The second kappa shape index (κ2) is 5.18. The molecule has 2 rings (SSSR count). The molecule has 1 atom stereocenters. The molecule has 1 unspecified atom stereocenters. The minimum Gasteiger partial charge on any atom is -0.320 e. The first-order valence-electron chi connectivity index (χ1n) is 4.96. The van der Waals surface area contributed by atoms with Crippen LogP contribution in [0.15, 0.2) is 32.5 Å². The van der Waals surface area contributed by atoms with E-state index in [2.05, 4.69) is 31.9 Å². The van der Waals surface area contributed by atoms with E-state index in [0.717, 1.165) is 19.8 Å². The maximum atomic E-state index is 13.4. The molecule has 1 nitrogen and oxygen atoms in total. The summed E-state index contributed by atoms with van der Waals surface area (Å²) in [5, 5.41) is 0. The fourth-order valence-corrected chi connectivity index (χ4v) is 3.65. The van der Waals surface area contributed by atoms with Gasteiger partial charge in [0.05, 0.1) is 14.3 Å². The summed E-state index contributed by atoms with van der Waals surface area (Å²) in [6.07, 6.45) is 0. The van der Waals surface area contributed by atoms with E-state index in [0.29, 0.717) is 4.47 Å².